The monoisotopic (exact) mass is 968 g/mol. The molecule has 4 heteroatoms. The van der Waals surface area contributed by atoms with Crippen LogP contribution in [0.2, 0.25) is 0 Å². The number of carbonyl (C=O) groups is 1. The van der Waals surface area contributed by atoms with Gasteiger partial charge in [-0.25, -0.2) is 0 Å². The number of aliphatic hydroxyl groups is 2. The smallest absolute Gasteiger partial charge is 0.220 e. The third kappa shape index (κ3) is 55.7. The Morgan fingerprint density at radius 2 is 0.643 bits per heavy atom. The molecule has 2 atom stereocenters. The number of nitrogens with one attached hydrogen (secondary N) is 1. The first-order valence-electron chi connectivity index (χ1n) is 29.7. The van der Waals surface area contributed by atoms with E-state index in [1.165, 1.54) is 148 Å². The first kappa shape index (κ1) is 66.8. The van der Waals surface area contributed by atoms with Crippen LogP contribution < -0.4 is 5.32 Å². The molecule has 0 aromatic carbocycles. The minimum atomic E-state index is -0.884. The highest BCUT2D eigenvalue weighted by molar-refractivity contribution is 5.76. The molecule has 0 rings (SSSR count). The van der Waals surface area contributed by atoms with E-state index in [1.807, 2.05) is 6.08 Å². The molecule has 0 aromatic rings. The molecule has 0 spiro atoms. The maximum absolute atomic E-state index is 12.5. The molecule has 0 radical (unpaired) electrons. The van der Waals surface area contributed by atoms with Gasteiger partial charge >= 0.3 is 0 Å². The predicted octanol–water partition coefficient (Wildman–Crippen LogP) is 20.0. The van der Waals surface area contributed by atoms with Crippen molar-refractivity contribution in [1.82, 2.24) is 5.32 Å². The fourth-order valence-electron chi connectivity index (χ4n) is 8.45. The second-order valence-corrected chi connectivity index (χ2v) is 19.7. The molecule has 0 aliphatic rings. The van der Waals surface area contributed by atoms with Gasteiger partial charge < -0.3 is 15.5 Å². The summed E-state index contributed by atoms with van der Waals surface area (Å²) in [5.74, 6) is -0.101. The van der Waals surface area contributed by atoms with Gasteiger partial charge in [0.05, 0.1) is 18.8 Å². The van der Waals surface area contributed by atoms with E-state index < -0.39 is 12.1 Å². The van der Waals surface area contributed by atoms with E-state index in [4.69, 9.17) is 0 Å². The van der Waals surface area contributed by atoms with E-state index in [1.54, 1.807) is 6.08 Å². The average molecular weight is 969 g/mol. The van der Waals surface area contributed by atoms with Crippen molar-refractivity contribution in [3.8, 4) is 0 Å². The summed E-state index contributed by atoms with van der Waals surface area (Å²) in [6, 6.07) is -0.664. The number of unbranched alkanes of at least 4 members (excludes halogenated alkanes) is 28. The molecule has 2 unspecified atom stereocenters. The molecule has 70 heavy (non-hydrogen) atoms. The lowest BCUT2D eigenvalue weighted by Gasteiger charge is -2.19. The van der Waals surface area contributed by atoms with Gasteiger partial charge in [0.25, 0.3) is 0 Å². The highest BCUT2D eigenvalue weighted by Gasteiger charge is 2.17. The minimum Gasteiger partial charge on any atom is -0.394 e. The van der Waals surface area contributed by atoms with Crippen molar-refractivity contribution in [3.63, 3.8) is 0 Å². The summed E-state index contributed by atoms with van der Waals surface area (Å²) in [4.78, 5) is 12.5. The van der Waals surface area contributed by atoms with Gasteiger partial charge in [0.2, 0.25) is 5.91 Å². The lowest BCUT2D eigenvalue weighted by Crippen LogP contribution is -2.45. The van der Waals surface area contributed by atoms with Crippen LogP contribution in [0.15, 0.2) is 122 Å². The molecule has 0 aliphatic carbocycles. The molecule has 400 valence electrons. The van der Waals surface area contributed by atoms with E-state index in [2.05, 4.69) is 129 Å². The maximum Gasteiger partial charge on any atom is 0.220 e. The van der Waals surface area contributed by atoms with Crippen molar-refractivity contribution < 1.29 is 15.0 Å². The van der Waals surface area contributed by atoms with Crippen molar-refractivity contribution in [3.05, 3.63) is 122 Å². The highest BCUT2D eigenvalue weighted by Crippen LogP contribution is 2.16. The van der Waals surface area contributed by atoms with Crippen LogP contribution in [0.4, 0.5) is 0 Å². The Balaban J connectivity index is 3.64. The first-order valence-corrected chi connectivity index (χ1v) is 29.7. The van der Waals surface area contributed by atoms with E-state index in [0.29, 0.717) is 6.42 Å². The minimum absolute atomic E-state index is 0.101. The van der Waals surface area contributed by atoms with E-state index in [9.17, 15) is 15.0 Å². The van der Waals surface area contributed by atoms with Gasteiger partial charge in [-0.05, 0) is 96.3 Å². The molecule has 3 N–H and O–H groups in total. The maximum atomic E-state index is 12.5. The number of amides is 1. The average Bonchev–Trinajstić information content (AvgIpc) is 3.36. The Hall–Kier alpha value is -3.21. The zero-order valence-corrected chi connectivity index (χ0v) is 46.0. The Labute approximate surface area is 435 Å². The van der Waals surface area contributed by atoms with E-state index >= 15 is 0 Å². The normalized spacial score (nSPS) is 13.7. The summed E-state index contributed by atoms with van der Waals surface area (Å²) >= 11 is 0. The summed E-state index contributed by atoms with van der Waals surface area (Å²) in [5.41, 5.74) is 0. The van der Waals surface area contributed by atoms with Gasteiger partial charge in [0.15, 0.2) is 0 Å². The number of carbonyl (C=O) groups excluding carboxylic acids is 1. The van der Waals surface area contributed by atoms with Gasteiger partial charge in [0, 0.05) is 6.42 Å². The number of hydrogen-bond acceptors (Lipinski definition) is 3. The van der Waals surface area contributed by atoms with Crippen molar-refractivity contribution in [2.75, 3.05) is 6.61 Å². The van der Waals surface area contributed by atoms with Gasteiger partial charge in [-0.1, -0.05) is 289 Å². The zero-order valence-electron chi connectivity index (χ0n) is 46.0. The van der Waals surface area contributed by atoms with Crippen molar-refractivity contribution >= 4 is 5.91 Å². The van der Waals surface area contributed by atoms with Gasteiger partial charge in [-0.2, -0.15) is 0 Å². The SMILES string of the molecule is CC/C=C\C/C=C\C/C=C\C/C=C\C/C=C\C/C=C\C/C=C\C/C=C\CCCCCCC(=O)NC(CO)C(O)/C=C/CC/C=C/CCCCCCCCCCCCCCCCCCCCCCCCC. The quantitative estimate of drug-likeness (QED) is 0.0420. The largest absolute Gasteiger partial charge is 0.394 e. The molecule has 0 saturated carbocycles. The van der Waals surface area contributed by atoms with E-state index in [0.717, 1.165) is 103 Å². The van der Waals surface area contributed by atoms with Crippen LogP contribution in [0.1, 0.15) is 271 Å². The third-order valence-electron chi connectivity index (χ3n) is 12.9. The van der Waals surface area contributed by atoms with Crippen LogP contribution in [0.5, 0.6) is 0 Å². The Morgan fingerprint density at radius 3 is 1.00 bits per heavy atom. The van der Waals surface area contributed by atoms with Crippen LogP contribution in [0, 0.1) is 0 Å². The van der Waals surface area contributed by atoms with Gasteiger partial charge in [-0.15, -0.1) is 0 Å². The molecule has 1 amide bonds. The van der Waals surface area contributed by atoms with Crippen LogP contribution in [0.25, 0.3) is 0 Å². The summed E-state index contributed by atoms with van der Waals surface area (Å²) < 4.78 is 0. The standard InChI is InChI=1S/C66H113NO3/c1-3-5-7-9-11-13-15-17-19-21-23-25-27-29-31-33-35-37-39-41-43-45-47-49-51-53-55-57-59-61-65(69)64(63-68)67-66(70)62-60-58-56-54-52-50-48-46-44-42-40-38-36-34-32-30-28-26-24-22-20-18-16-14-12-10-8-6-4-2/h6,8,12,14,18,20,24,26,30,32,36,38,42,44,48,50-51,53,59,61,64-65,68-69H,3-5,7,9-11,13,15-17,19,21-23,25,27-29,31,33-35,37,39-41,43,45-47,49,52,54-58,60,62-63H2,1-2H3,(H,67,70)/b8-6-,14-12-,20-18-,26-24-,32-30-,38-36-,44-42-,50-48-,53-51+,61-59+. The molecule has 0 saturated heterocycles. The molecule has 0 bridgehead atoms. The second kappa shape index (κ2) is 60.1. The Morgan fingerprint density at radius 1 is 0.357 bits per heavy atom. The molecule has 4 nitrogen and oxygen atoms in total. The van der Waals surface area contributed by atoms with Crippen molar-refractivity contribution in [1.29, 1.82) is 0 Å². The van der Waals surface area contributed by atoms with Gasteiger partial charge in [0.1, 0.15) is 0 Å². The lowest BCUT2D eigenvalue weighted by atomic mass is 10.0. The van der Waals surface area contributed by atoms with E-state index in [-0.39, 0.29) is 12.5 Å². The lowest BCUT2D eigenvalue weighted by molar-refractivity contribution is -0.123. The van der Waals surface area contributed by atoms with Crippen LogP contribution in [0.3, 0.4) is 0 Å². The topological polar surface area (TPSA) is 69.6 Å². The molecule has 0 aromatic heterocycles. The fraction of sp³-hybridized carbons (Fsp3) is 0.682. The number of aliphatic hydroxyl groups excluding tert-OH is 2. The summed E-state index contributed by atoms with van der Waals surface area (Å²) in [5, 5.41) is 23.2. The number of rotatable bonds is 53. The Bertz CT molecular complexity index is 1380. The number of allylic oxidation sites excluding steroid dienone is 19. The molecule has 0 fully saturated rings. The van der Waals surface area contributed by atoms with Crippen LogP contribution >= 0.6 is 0 Å². The molecule has 0 heterocycles. The molecular formula is C66H113NO3. The second-order valence-electron chi connectivity index (χ2n) is 19.7. The Kier molecular flexibility index (Phi) is 57.3. The summed E-state index contributed by atoms with van der Waals surface area (Å²) in [6.07, 6.45) is 92.3. The van der Waals surface area contributed by atoms with Crippen molar-refractivity contribution in [2.24, 2.45) is 0 Å². The molecular weight excluding hydrogens is 855 g/mol. The first-order chi connectivity index (χ1) is 34.7. The third-order valence-corrected chi connectivity index (χ3v) is 12.9. The summed E-state index contributed by atoms with van der Waals surface area (Å²) in [6.45, 7) is 4.18. The summed E-state index contributed by atoms with van der Waals surface area (Å²) in [7, 11) is 0. The predicted molar refractivity (Wildman–Crippen MR) is 312 cm³/mol. The molecule has 0 aliphatic heterocycles. The van der Waals surface area contributed by atoms with Crippen molar-refractivity contribution in [2.45, 2.75) is 283 Å². The van der Waals surface area contributed by atoms with Crippen LogP contribution in [-0.4, -0.2) is 34.9 Å². The highest BCUT2D eigenvalue weighted by atomic mass is 16.3. The van der Waals surface area contributed by atoms with Gasteiger partial charge in [-0.3, -0.25) is 4.79 Å². The number of hydrogen-bond donors (Lipinski definition) is 3. The fourth-order valence-corrected chi connectivity index (χ4v) is 8.45. The zero-order chi connectivity index (χ0) is 50.6. The van der Waals surface area contributed by atoms with Crippen LogP contribution in [-0.2, 0) is 4.79 Å².